The zero-order chi connectivity index (χ0) is 24.4. The molecule has 1 aromatic heterocycles. The third kappa shape index (κ3) is 5.93. The van der Waals surface area contributed by atoms with Gasteiger partial charge >= 0.3 is 0 Å². The second kappa shape index (κ2) is 8.99. The van der Waals surface area contributed by atoms with Crippen molar-refractivity contribution in [3.63, 3.8) is 0 Å². The molecule has 9 nitrogen and oxygen atoms in total. The Morgan fingerprint density at radius 3 is 2.79 bits per heavy atom. The summed E-state index contributed by atoms with van der Waals surface area (Å²) in [5, 5.41) is 16.8. The van der Waals surface area contributed by atoms with E-state index in [0.717, 1.165) is 0 Å². The zero-order valence-electron chi connectivity index (χ0n) is 18.0. The van der Waals surface area contributed by atoms with Crippen molar-refractivity contribution in [3.8, 4) is 17.5 Å². The lowest BCUT2D eigenvalue weighted by molar-refractivity contribution is -0.119. The summed E-state index contributed by atoms with van der Waals surface area (Å²) in [5.41, 5.74) is 4.63. The molecule has 1 aliphatic rings. The van der Waals surface area contributed by atoms with E-state index in [1.54, 1.807) is 31.3 Å². The molecule has 33 heavy (non-hydrogen) atoms. The summed E-state index contributed by atoms with van der Waals surface area (Å²) in [6.07, 6.45) is 1.66. The van der Waals surface area contributed by atoms with Crippen LogP contribution in [0.5, 0.6) is 0 Å². The van der Waals surface area contributed by atoms with Crippen LogP contribution in [0.15, 0.2) is 30.5 Å². The van der Waals surface area contributed by atoms with Gasteiger partial charge in [0.2, 0.25) is 12.3 Å². The molecule has 0 saturated heterocycles. The first-order chi connectivity index (χ1) is 15.4. The minimum atomic E-state index is -3.05. The molecule has 0 bridgehead atoms. The highest BCUT2D eigenvalue weighted by molar-refractivity contribution is 6.03. The van der Waals surface area contributed by atoms with Crippen LogP contribution in [0.4, 0.5) is 14.5 Å². The Kier molecular flexibility index (Phi) is 6.51. The minimum absolute atomic E-state index is 0.0751. The van der Waals surface area contributed by atoms with Crippen molar-refractivity contribution < 1.29 is 28.3 Å². The maximum absolute atomic E-state index is 13.2. The molecular formula is C22H23F2N5O4. The smallest absolute Gasteiger partial charge is 0.271 e. The van der Waals surface area contributed by atoms with Gasteiger partial charge in [0.1, 0.15) is 11.5 Å². The number of aromatic nitrogens is 2. The number of primary amides is 1. The highest BCUT2D eigenvalue weighted by Crippen LogP contribution is 2.49. The maximum atomic E-state index is 13.2. The Morgan fingerprint density at radius 2 is 2.18 bits per heavy atom. The summed E-state index contributed by atoms with van der Waals surface area (Å²) in [7, 11) is 1.59. The van der Waals surface area contributed by atoms with Gasteiger partial charge in [-0.25, -0.2) is 13.5 Å². The number of nitrogens with one attached hydrogen (secondary N) is 1. The third-order valence-electron chi connectivity index (χ3n) is 5.07. The van der Waals surface area contributed by atoms with Crippen LogP contribution in [0.2, 0.25) is 0 Å². The normalized spacial score (nSPS) is 17.8. The Morgan fingerprint density at radius 1 is 1.48 bits per heavy atom. The van der Waals surface area contributed by atoms with Gasteiger partial charge in [0.15, 0.2) is 5.69 Å². The number of halogens is 2. The molecule has 0 unspecified atom stereocenters. The lowest BCUT2D eigenvalue weighted by atomic mass is 10.0. The molecule has 174 valence electrons. The molecule has 4 N–H and O–H groups in total. The van der Waals surface area contributed by atoms with Crippen molar-refractivity contribution in [2.75, 3.05) is 18.9 Å². The van der Waals surface area contributed by atoms with E-state index in [2.05, 4.69) is 22.3 Å². The number of amides is 3. The molecule has 3 rings (SSSR count). The van der Waals surface area contributed by atoms with E-state index in [-0.39, 0.29) is 17.8 Å². The minimum Gasteiger partial charge on any atom is -0.378 e. The standard InChI is InChI=1S/C22H23F2N5O4/c1-21(33,8-9-28(2)13-30)7-6-14-4-3-5-15(10-14)29-12-17(18(27-29)19(25)31)26-20(32)16-11-22(16,23)24/h3-5,10,12-13,16,33H,8-9,11H2,1-2H3,(H2,25,31)(H,26,32)/t16-,21-/m0/s1. The van der Waals surface area contributed by atoms with E-state index in [1.165, 1.54) is 22.7 Å². The van der Waals surface area contributed by atoms with Gasteiger partial charge in [-0.15, -0.1) is 0 Å². The van der Waals surface area contributed by atoms with Crippen molar-refractivity contribution in [3.05, 3.63) is 41.7 Å². The summed E-state index contributed by atoms with van der Waals surface area (Å²) in [5.74, 6) is -0.736. The predicted molar refractivity (Wildman–Crippen MR) is 115 cm³/mol. The summed E-state index contributed by atoms with van der Waals surface area (Å²) < 4.78 is 27.6. The Hall–Kier alpha value is -3.78. The van der Waals surface area contributed by atoms with E-state index in [0.29, 0.717) is 24.2 Å². The Labute approximate surface area is 188 Å². The van der Waals surface area contributed by atoms with Gasteiger partial charge < -0.3 is 21.1 Å². The number of aliphatic hydroxyl groups is 1. The first-order valence-corrected chi connectivity index (χ1v) is 10.0. The molecular weight excluding hydrogens is 436 g/mol. The largest absolute Gasteiger partial charge is 0.378 e. The average molecular weight is 459 g/mol. The van der Waals surface area contributed by atoms with Gasteiger partial charge in [-0.1, -0.05) is 17.9 Å². The van der Waals surface area contributed by atoms with Gasteiger partial charge in [0.05, 0.1) is 17.6 Å². The molecule has 1 aromatic carbocycles. The van der Waals surface area contributed by atoms with Gasteiger partial charge in [-0.3, -0.25) is 14.4 Å². The number of rotatable bonds is 8. The fourth-order valence-electron chi connectivity index (χ4n) is 2.94. The number of nitrogens with two attached hydrogens (primary N) is 1. The van der Waals surface area contributed by atoms with Crippen molar-refractivity contribution in [2.45, 2.75) is 31.3 Å². The average Bonchev–Trinajstić information content (AvgIpc) is 3.20. The van der Waals surface area contributed by atoms with Crippen LogP contribution < -0.4 is 11.1 Å². The molecule has 2 aromatic rings. The zero-order valence-corrected chi connectivity index (χ0v) is 18.0. The number of benzene rings is 1. The Bertz CT molecular complexity index is 1150. The van der Waals surface area contributed by atoms with Crippen LogP contribution in [-0.4, -0.2) is 63.1 Å². The lowest BCUT2D eigenvalue weighted by Gasteiger charge is -2.19. The highest BCUT2D eigenvalue weighted by Gasteiger charge is 2.61. The number of nitrogens with zero attached hydrogens (tertiary/aromatic N) is 3. The van der Waals surface area contributed by atoms with Gasteiger partial charge in [0, 0.05) is 32.0 Å². The SMILES string of the molecule is CN(C=O)CC[C@@](C)(O)C#Cc1cccc(-n2cc(NC(=O)[C@@H]3CC3(F)F)c(C(N)=O)n2)c1. The number of alkyl halides is 2. The molecule has 1 aliphatic carbocycles. The van der Waals surface area contributed by atoms with Crippen molar-refractivity contribution >= 4 is 23.9 Å². The third-order valence-corrected chi connectivity index (χ3v) is 5.07. The maximum Gasteiger partial charge on any atom is 0.271 e. The van der Waals surface area contributed by atoms with Crippen LogP contribution >= 0.6 is 0 Å². The number of carbonyl (C=O) groups is 3. The number of hydrogen-bond acceptors (Lipinski definition) is 5. The van der Waals surface area contributed by atoms with Crippen molar-refractivity contribution in [1.82, 2.24) is 14.7 Å². The first kappa shape index (κ1) is 23.9. The second-order valence-corrected chi connectivity index (χ2v) is 8.12. The molecule has 0 radical (unpaired) electrons. The molecule has 1 fully saturated rings. The van der Waals surface area contributed by atoms with Crippen molar-refractivity contribution in [2.24, 2.45) is 11.7 Å². The van der Waals surface area contributed by atoms with Crippen molar-refractivity contribution in [1.29, 1.82) is 0 Å². The van der Waals surface area contributed by atoms with Gasteiger partial charge in [-0.2, -0.15) is 5.10 Å². The summed E-state index contributed by atoms with van der Waals surface area (Å²) in [6.45, 7) is 1.86. The summed E-state index contributed by atoms with van der Waals surface area (Å²) in [6, 6.07) is 6.64. The van der Waals surface area contributed by atoms with Gasteiger partial charge in [0.25, 0.3) is 11.8 Å². The molecule has 1 saturated carbocycles. The van der Waals surface area contributed by atoms with Gasteiger partial charge in [-0.05, 0) is 25.1 Å². The molecule has 0 spiro atoms. The summed E-state index contributed by atoms with van der Waals surface area (Å²) in [4.78, 5) is 35.8. The Balaban J connectivity index is 1.81. The predicted octanol–water partition coefficient (Wildman–Crippen LogP) is 1.15. The first-order valence-electron chi connectivity index (χ1n) is 10.0. The van der Waals surface area contributed by atoms with E-state index < -0.39 is 35.7 Å². The van der Waals surface area contributed by atoms with Crippen LogP contribution in [0.25, 0.3) is 5.69 Å². The van der Waals surface area contributed by atoms with E-state index in [4.69, 9.17) is 5.73 Å². The molecule has 2 atom stereocenters. The number of hydrogen-bond donors (Lipinski definition) is 3. The molecule has 0 aliphatic heterocycles. The fourth-order valence-corrected chi connectivity index (χ4v) is 2.94. The lowest BCUT2D eigenvalue weighted by Crippen LogP contribution is -2.29. The number of anilines is 1. The molecule has 1 heterocycles. The molecule has 3 amide bonds. The van der Waals surface area contributed by atoms with E-state index in [9.17, 15) is 28.3 Å². The fraction of sp³-hybridized carbons (Fsp3) is 0.364. The topological polar surface area (TPSA) is 131 Å². The van der Waals surface area contributed by atoms with E-state index in [1.807, 2.05) is 0 Å². The van der Waals surface area contributed by atoms with Crippen LogP contribution in [0.3, 0.4) is 0 Å². The quantitative estimate of drug-likeness (QED) is 0.403. The second-order valence-electron chi connectivity index (χ2n) is 8.12. The molecule has 11 heteroatoms. The van der Waals surface area contributed by atoms with Crippen LogP contribution in [-0.2, 0) is 9.59 Å². The number of carbonyl (C=O) groups excluding carboxylic acids is 3. The van der Waals surface area contributed by atoms with Crippen LogP contribution in [0, 0.1) is 17.8 Å². The summed E-state index contributed by atoms with van der Waals surface area (Å²) >= 11 is 0. The highest BCUT2D eigenvalue weighted by atomic mass is 19.3. The monoisotopic (exact) mass is 459 g/mol. The van der Waals surface area contributed by atoms with Crippen LogP contribution in [0.1, 0.15) is 35.8 Å². The van der Waals surface area contributed by atoms with E-state index >= 15 is 0 Å².